The van der Waals surface area contributed by atoms with Crippen molar-refractivity contribution in [2.45, 2.75) is 46.8 Å². The first-order valence-corrected chi connectivity index (χ1v) is 10.2. The summed E-state index contributed by atoms with van der Waals surface area (Å²) in [6.07, 6.45) is -4.65. The number of rotatable bonds is 7. The van der Waals surface area contributed by atoms with Crippen molar-refractivity contribution < 1.29 is 37.0 Å². The second kappa shape index (κ2) is 9.50. The molecule has 31 heavy (non-hydrogen) atoms. The highest BCUT2D eigenvalue weighted by Crippen LogP contribution is 2.35. The lowest BCUT2D eigenvalue weighted by Gasteiger charge is -2.14. The summed E-state index contributed by atoms with van der Waals surface area (Å²) in [6, 6.07) is -0.290. The summed E-state index contributed by atoms with van der Waals surface area (Å²) >= 11 is 0.826. The summed E-state index contributed by atoms with van der Waals surface area (Å²) in [5, 5.41) is 6.02. The van der Waals surface area contributed by atoms with E-state index in [0.717, 1.165) is 22.1 Å². The van der Waals surface area contributed by atoms with Gasteiger partial charge in [0.2, 0.25) is 5.91 Å². The number of esters is 2. The summed E-state index contributed by atoms with van der Waals surface area (Å²) in [4.78, 5) is 37.5. The van der Waals surface area contributed by atoms with Gasteiger partial charge in [0, 0.05) is 5.69 Å². The zero-order valence-electron chi connectivity index (χ0n) is 17.5. The van der Waals surface area contributed by atoms with Crippen LogP contribution in [0.5, 0.6) is 0 Å². The maximum atomic E-state index is 12.9. The Morgan fingerprint density at radius 1 is 1.16 bits per heavy atom. The van der Waals surface area contributed by atoms with Gasteiger partial charge < -0.3 is 14.8 Å². The number of hydrogen-bond acceptors (Lipinski definition) is 7. The average molecular weight is 461 g/mol. The van der Waals surface area contributed by atoms with Crippen molar-refractivity contribution >= 4 is 34.2 Å². The van der Waals surface area contributed by atoms with Crippen LogP contribution in [0.4, 0.5) is 18.2 Å². The lowest BCUT2D eigenvalue weighted by molar-refractivity contribution is -0.141. The molecule has 8 nitrogen and oxygen atoms in total. The fourth-order valence-electron chi connectivity index (χ4n) is 2.79. The van der Waals surface area contributed by atoms with Gasteiger partial charge in [-0.2, -0.15) is 18.3 Å². The number of halogens is 3. The summed E-state index contributed by atoms with van der Waals surface area (Å²) in [5.74, 6) is -2.13. The van der Waals surface area contributed by atoms with Crippen LogP contribution in [0, 0.1) is 13.8 Å². The molecule has 0 radical (unpaired) electrons. The number of nitrogens with zero attached hydrogens (tertiary/aromatic N) is 2. The van der Waals surface area contributed by atoms with E-state index in [9.17, 15) is 27.6 Å². The van der Waals surface area contributed by atoms with Gasteiger partial charge in [-0.25, -0.2) is 9.59 Å². The number of anilines is 1. The third-order valence-corrected chi connectivity index (χ3v) is 5.47. The van der Waals surface area contributed by atoms with E-state index >= 15 is 0 Å². The molecule has 2 heterocycles. The number of carbonyl (C=O) groups is 3. The van der Waals surface area contributed by atoms with E-state index in [2.05, 4.69) is 10.4 Å². The van der Waals surface area contributed by atoms with Crippen molar-refractivity contribution in [2.24, 2.45) is 0 Å². The van der Waals surface area contributed by atoms with E-state index in [4.69, 9.17) is 9.47 Å². The number of aryl methyl sites for hydroxylation is 1. The third-order valence-electron chi connectivity index (χ3n) is 4.28. The van der Waals surface area contributed by atoms with Crippen LogP contribution >= 0.6 is 11.3 Å². The molecule has 0 aromatic carbocycles. The van der Waals surface area contributed by atoms with Crippen molar-refractivity contribution in [3.05, 3.63) is 33.5 Å². The number of nitrogens with one attached hydrogen (secondary N) is 1. The van der Waals surface area contributed by atoms with E-state index in [0.29, 0.717) is 0 Å². The number of aromatic nitrogens is 2. The first kappa shape index (κ1) is 24.4. The van der Waals surface area contributed by atoms with Crippen LogP contribution in [0.2, 0.25) is 0 Å². The van der Waals surface area contributed by atoms with E-state index in [1.807, 2.05) is 0 Å². The van der Waals surface area contributed by atoms with Crippen LogP contribution in [0.1, 0.15) is 63.8 Å². The fourth-order valence-corrected chi connectivity index (χ4v) is 3.88. The smallest absolute Gasteiger partial charge is 0.435 e. The van der Waals surface area contributed by atoms with Crippen LogP contribution in [-0.2, 0) is 20.4 Å². The maximum Gasteiger partial charge on any atom is 0.435 e. The van der Waals surface area contributed by atoms with Gasteiger partial charge in [0.15, 0.2) is 5.69 Å². The Bertz CT molecular complexity index is 997. The predicted molar refractivity (Wildman–Crippen MR) is 106 cm³/mol. The van der Waals surface area contributed by atoms with E-state index in [1.165, 1.54) is 20.8 Å². The van der Waals surface area contributed by atoms with Crippen LogP contribution in [0.25, 0.3) is 0 Å². The molecule has 2 rings (SSSR count). The van der Waals surface area contributed by atoms with Crippen LogP contribution in [0.15, 0.2) is 6.07 Å². The molecule has 1 atom stereocenters. The van der Waals surface area contributed by atoms with Crippen molar-refractivity contribution in [3.63, 3.8) is 0 Å². The van der Waals surface area contributed by atoms with Gasteiger partial charge in [-0.05, 0) is 46.2 Å². The summed E-state index contributed by atoms with van der Waals surface area (Å²) < 4.78 is 49.7. The van der Waals surface area contributed by atoms with Crippen molar-refractivity contribution in [2.75, 3.05) is 18.5 Å². The Kier molecular flexibility index (Phi) is 7.47. The second-order valence-corrected chi connectivity index (χ2v) is 7.50. The highest BCUT2D eigenvalue weighted by Gasteiger charge is 2.36. The summed E-state index contributed by atoms with van der Waals surface area (Å²) in [7, 11) is 0. The van der Waals surface area contributed by atoms with Crippen molar-refractivity contribution in [1.29, 1.82) is 0 Å². The first-order valence-electron chi connectivity index (χ1n) is 9.34. The molecule has 0 aliphatic heterocycles. The highest BCUT2D eigenvalue weighted by atomic mass is 32.1. The Morgan fingerprint density at radius 2 is 1.74 bits per heavy atom. The average Bonchev–Trinajstić information content (AvgIpc) is 3.21. The highest BCUT2D eigenvalue weighted by molar-refractivity contribution is 7.18. The maximum absolute atomic E-state index is 12.9. The molecule has 0 aliphatic rings. The number of amides is 1. The molecule has 0 saturated carbocycles. The van der Waals surface area contributed by atoms with Gasteiger partial charge in [-0.3, -0.25) is 9.48 Å². The number of ether oxygens (including phenoxy) is 2. The molecule has 2 aromatic heterocycles. The lowest BCUT2D eigenvalue weighted by atomic mass is 10.1. The summed E-state index contributed by atoms with van der Waals surface area (Å²) in [6.45, 7) is 7.69. The van der Waals surface area contributed by atoms with Gasteiger partial charge >= 0.3 is 18.1 Å². The third kappa shape index (κ3) is 5.24. The Morgan fingerprint density at radius 3 is 2.26 bits per heavy atom. The number of thiophene rings is 1. The molecule has 0 aliphatic carbocycles. The van der Waals surface area contributed by atoms with Crippen molar-refractivity contribution in [3.8, 4) is 0 Å². The van der Waals surface area contributed by atoms with E-state index < -0.39 is 35.8 Å². The SMILES string of the molecule is CCOC(=O)c1sc(NC(=O)C(C)n2nc(C(F)(F)F)cc2C)c(C(=O)OCC)c1C. The van der Waals surface area contributed by atoms with Gasteiger partial charge in [0.25, 0.3) is 0 Å². The molecule has 1 N–H and O–H groups in total. The molecule has 0 fully saturated rings. The van der Waals surface area contributed by atoms with E-state index in [-0.39, 0.29) is 39.9 Å². The molecular formula is C19H22F3N3O5S. The predicted octanol–water partition coefficient (Wildman–Crippen LogP) is 4.13. The quantitative estimate of drug-likeness (QED) is 0.623. The minimum absolute atomic E-state index is 0.0105. The molecule has 170 valence electrons. The molecule has 0 saturated heterocycles. The van der Waals surface area contributed by atoms with Gasteiger partial charge in [0.1, 0.15) is 15.9 Å². The van der Waals surface area contributed by atoms with Crippen molar-refractivity contribution in [1.82, 2.24) is 9.78 Å². The first-order chi connectivity index (χ1) is 14.4. The summed E-state index contributed by atoms with van der Waals surface area (Å²) in [5.41, 5.74) is -0.716. The van der Waals surface area contributed by atoms with Crippen LogP contribution in [0.3, 0.4) is 0 Å². The second-order valence-electron chi connectivity index (χ2n) is 6.48. The largest absolute Gasteiger partial charge is 0.462 e. The van der Waals surface area contributed by atoms with Gasteiger partial charge in [-0.1, -0.05) is 0 Å². The molecule has 0 spiro atoms. The number of hydrogen-bond donors (Lipinski definition) is 1. The van der Waals surface area contributed by atoms with Crippen LogP contribution < -0.4 is 5.32 Å². The van der Waals surface area contributed by atoms with Gasteiger partial charge in [-0.15, -0.1) is 11.3 Å². The van der Waals surface area contributed by atoms with E-state index in [1.54, 1.807) is 13.8 Å². The minimum Gasteiger partial charge on any atom is -0.462 e. The van der Waals surface area contributed by atoms with Crippen LogP contribution in [-0.4, -0.2) is 40.8 Å². The minimum atomic E-state index is -4.65. The zero-order valence-corrected chi connectivity index (χ0v) is 18.4. The fraction of sp³-hybridized carbons (Fsp3) is 0.474. The molecule has 1 unspecified atom stereocenters. The Labute approximate surface area is 180 Å². The zero-order chi connectivity index (χ0) is 23.5. The standard InChI is InChI=1S/C19H22F3N3O5S/c1-6-29-17(27)13-10(4)14(18(28)30-7-2)31-16(13)23-15(26)11(5)25-9(3)8-12(24-25)19(20,21)22/h8,11H,6-7H2,1-5H3,(H,23,26). The normalized spacial score (nSPS) is 12.4. The topological polar surface area (TPSA) is 99.5 Å². The van der Waals surface area contributed by atoms with Gasteiger partial charge in [0.05, 0.1) is 18.8 Å². The molecule has 12 heteroatoms. The molecule has 2 aromatic rings. The monoisotopic (exact) mass is 461 g/mol. The Hall–Kier alpha value is -2.89. The number of alkyl halides is 3. The molecule has 1 amide bonds. The lowest BCUT2D eigenvalue weighted by Crippen LogP contribution is -2.26. The molecule has 0 bridgehead atoms. The Balaban J connectivity index is 2.39. The molecular weight excluding hydrogens is 439 g/mol. The number of carbonyl (C=O) groups excluding carboxylic acids is 3.